The molecule has 1 atom stereocenters. The first-order chi connectivity index (χ1) is 5.22. The molecule has 1 unspecified atom stereocenters. The summed E-state index contributed by atoms with van der Waals surface area (Å²) >= 11 is 0. The van der Waals surface area contributed by atoms with Gasteiger partial charge in [0, 0.05) is 0 Å². The summed E-state index contributed by atoms with van der Waals surface area (Å²) in [5.41, 5.74) is 0.808. The number of nitrogens with one attached hydrogen (secondary N) is 1. The molecule has 2 heteroatoms. The Bertz CT molecular complexity index is 208. The maximum Gasteiger partial charge on any atom is 0.131 e. The fourth-order valence-electron chi connectivity index (χ4n) is 0.936. The monoisotopic (exact) mass is 151 g/mol. The molecule has 0 amide bonds. The van der Waals surface area contributed by atoms with E-state index < -0.39 is 0 Å². The van der Waals surface area contributed by atoms with Crippen molar-refractivity contribution in [3.05, 3.63) is 35.5 Å². The lowest BCUT2D eigenvalue weighted by atomic mass is 10.3. The van der Waals surface area contributed by atoms with E-state index in [1.54, 1.807) is 0 Å². The summed E-state index contributed by atoms with van der Waals surface area (Å²) in [7, 11) is 0. The van der Waals surface area contributed by atoms with Gasteiger partial charge in [-0.15, -0.1) is 0 Å². The molecule has 11 heavy (non-hydrogen) atoms. The average molecular weight is 151 g/mol. The fourth-order valence-corrected chi connectivity index (χ4v) is 0.936. The van der Waals surface area contributed by atoms with Gasteiger partial charge < -0.3 is 10.3 Å². The van der Waals surface area contributed by atoms with Crippen molar-refractivity contribution in [3.8, 4) is 0 Å². The third-order valence-electron chi connectivity index (χ3n) is 1.58. The summed E-state index contributed by atoms with van der Waals surface area (Å²) in [5, 5.41) is 11.6. The Morgan fingerprint density at radius 3 is 2.18 bits per heavy atom. The summed E-state index contributed by atoms with van der Waals surface area (Å²) in [5.74, 6) is 0. The maximum atomic E-state index is 11.3. The van der Waals surface area contributed by atoms with Gasteiger partial charge in [-0.25, -0.2) is 0 Å². The second-order valence-corrected chi connectivity index (χ2v) is 2.88. The molecule has 0 spiro atoms. The summed E-state index contributed by atoms with van der Waals surface area (Å²) < 4.78 is 0. The predicted octanol–water partition coefficient (Wildman–Crippen LogP) is 1.11. The Labute approximate surface area is 67.0 Å². The molecule has 60 valence electrons. The van der Waals surface area contributed by atoms with Crippen molar-refractivity contribution in [3.63, 3.8) is 0 Å². The highest BCUT2D eigenvalue weighted by Gasteiger charge is 2.03. The molecule has 1 N–H and O–H groups in total. The van der Waals surface area contributed by atoms with Crippen molar-refractivity contribution in [2.45, 2.75) is 19.9 Å². The molecule has 0 radical (unpaired) electrons. The van der Waals surface area contributed by atoms with Gasteiger partial charge >= 0.3 is 0 Å². The molecule has 1 aromatic rings. The second kappa shape index (κ2) is 3.51. The Kier molecular flexibility index (Phi) is 2.63. The largest absolute Gasteiger partial charge is 0.629 e. The van der Waals surface area contributed by atoms with E-state index in [0.29, 0.717) is 0 Å². The number of para-hydroxylation sites is 1. The van der Waals surface area contributed by atoms with Gasteiger partial charge in [-0.2, -0.15) is 0 Å². The number of hydrogen-bond donors (Lipinski definition) is 1. The Balaban J connectivity index is 2.77. The molecule has 2 nitrogen and oxygen atoms in total. The van der Waals surface area contributed by atoms with Gasteiger partial charge in [-0.05, 0) is 26.0 Å². The lowest BCUT2D eigenvalue weighted by molar-refractivity contribution is -0.801. The molecule has 0 aromatic heterocycles. The van der Waals surface area contributed by atoms with Crippen molar-refractivity contribution in [1.82, 2.24) is 0 Å². The van der Waals surface area contributed by atoms with Crippen LogP contribution in [0.4, 0.5) is 5.69 Å². The maximum absolute atomic E-state index is 11.3. The minimum atomic E-state index is 0.0948. The molecule has 0 heterocycles. The van der Waals surface area contributed by atoms with E-state index in [2.05, 4.69) is 0 Å². The van der Waals surface area contributed by atoms with Crippen LogP contribution in [0.1, 0.15) is 13.8 Å². The molecule has 0 saturated heterocycles. The molecule has 0 aliphatic heterocycles. The molecule has 0 aliphatic rings. The van der Waals surface area contributed by atoms with Crippen LogP contribution in [0.15, 0.2) is 30.3 Å². The number of hydrogen-bond acceptors (Lipinski definition) is 1. The quantitative estimate of drug-likeness (QED) is 0.630. The highest BCUT2D eigenvalue weighted by Crippen LogP contribution is 1.98. The van der Waals surface area contributed by atoms with Gasteiger partial charge in [-0.3, -0.25) is 0 Å². The first-order valence-electron chi connectivity index (χ1n) is 3.81. The van der Waals surface area contributed by atoms with E-state index in [1.165, 1.54) is 0 Å². The van der Waals surface area contributed by atoms with Crippen molar-refractivity contribution in [2.24, 2.45) is 0 Å². The summed E-state index contributed by atoms with van der Waals surface area (Å²) in [6.07, 6.45) is 0. The minimum Gasteiger partial charge on any atom is -0.629 e. The Morgan fingerprint density at radius 2 is 1.73 bits per heavy atom. The zero-order chi connectivity index (χ0) is 8.27. The highest BCUT2D eigenvalue weighted by atomic mass is 16.5. The van der Waals surface area contributed by atoms with Crippen LogP contribution in [0.3, 0.4) is 0 Å². The summed E-state index contributed by atoms with van der Waals surface area (Å²) in [6, 6.07) is 9.48. The Hall–Kier alpha value is -0.860. The van der Waals surface area contributed by atoms with Crippen LogP contribution in [0.2, 0.25) is 0 Å². The number of rotatable bonds is 2. The molecule has 0 bridgehead atoms. The van der Waals surface area contributed by atoms with Gasteiger partial charge in [-0.1, -0.05) is 18.2 Å². The van der Waals surface area contributed by atoms with Crippen molar-refractivity contribution in [2.75, 3.05) is 0 Å². The first-order valence-corrected chi connectivity index (χ1v) is 3.81. The first kappa shape index (κ1) is 8.24. The van der Waals surface area contributed by atoms with Crippen LogP contribution < -0.4 is 5.06 Å². The standard InChI is InChI=1S/C9H13NO/c1-8(2)10(11)9-6-4-3-5-7-9/h3-8,10H,1-2H3. The topological polar surface area (TPSA) is 27.5 Å². The normalized spacial score (nSPS) is 13.5. The van der Waals surface area contributed by atoms with Gasteiger partial charge in [0.15, 0.2) is 0 Å². The lowest BCUT2D eigenvalue weighted by Crippen LogP contribution is -3.05. The molecule has 1 rings (SSSR count). The van der Waals surface area contributed by atoms with Gasteiger partial charge in [0.05, 0.1) is 6.04 Å². The molecular formula is C9H13NO. The molecular weight excluding hydrogens is 138 g/mol. The van der Waals surface area contributed by atoms with Crippen LogP contribution in [0, 0.1) is 5.21 Å². The highest BCUT2D eigenvalue weighted by molar-refractivity contribution is 5.28. The van der Waals surface area contributed by atoms with E-state index in [4.69, 9.17) is 0 Å². The number of quaternary nitrogens is 1. The van der Waals surface area contributed by atoms with Crippen molar-refractivity contribution in [1.29, 1.82) is 0 Å². The molecule has 0 fully saturated rings. The van der Waals surface area contributed by atoms with Crippen molar-refractivity contribution >= 4 is 5.69 Å². The van der Waals surface area contributed by atoms with E-state index in [-0.39, 0.29) is 11.1 Å². The van der Waals surface area contributed by atoms with Crippen LogP contribution in [0.5, 0.6) is 0 Å². The molecule has 0 aliphatic carbocycles. The number of benzene rings is 1. The van der Waals surface area contributed by atoms with Gasteiger partial charge in [0.25, 0.3) is 0 Å². The van der Waals surface area contributed by atoms with Crippen LogP contribution in [0.25, 0.3) is 0 Å². The molecule has 0 saturated carbocycles. The summed E-state index contributed by atoms with van der Waals surface area (Å²) in [4.78, 5) is 0. The zero-order valence-corrected chi connectivity index (χ0v) is 6.87. The van der Waals surface area contributed by atoms with E-state index >= 15 is 0 Å². The molecule has 1 aromatic carbocycles. The van der Waals surface area contributed by atoms with Gasteiger partial charge in [0.1, 0.15) is 5.69 Å². The average Bonchev–Trinajstić information content (AvgIpc) is 2.05. The van der Waals surface area contributed by atoms with E-state index in [1.807, 2.05) is 44.2 Å². The predicted molar refractivity (Wildman–Crippen MR) is 45.6 cm³/mol. The third kappa shape index (κ3) is 2.03. The number of hydroxylamine groups is 1. The lowest BCUT2D eigenvalue weighted by Gasteiger charge is -2.25. The van der Waals surface area contributed by atoms with Crippen LogP contribution in [-0.2, 0) is 0 Å². The zero-order valence-electron chi connectivity index (χ0n) is 6.87. The summed E-state index contributed by atoms with van der Waals surface area (Å²) in [6.45, 7) is 3.82. The SMILES string of the molecule is CC(C)[NH+]([O-])c1ccccc1. The van der Waals surface area contributed by atoms with Crippen LogP contribution >= 0.6 is 0 Å². The Morgan fingerprint density at radius 1 is 1.18 bits per heavy atom. The smallest absolute Gasteiger partial charge is 0.131 e. The van der Waals surface area contributed by atoms with E-state index in [0.717, 1.165) is 5.69 Å². The van der Waals surface area contributed by atoms with Crippen molar-refractivity contribution < 1.29 is 5.06 Å². The second-order valence-electron chi connectivity index (χ2n) is 2.88. The minimum absolute atomic E-state index is 0.0948. The van der Waals surface area contributed by atoms with Gasteiger partial charge in [0.2, 0.25) is 0 Å². The fraction of sp³-hybridized carbons (Fsp3) is 0.333. The van der Waals surface area contributed by atoms with E-state index in [9.17, 15) is 5.21 Å². The third-order valence-corrected chi connectivity index (χ3v) is 1.58. The van der Waals surface area contributed by atoms with Crippen LogP contribution in [-0.4, -0.2) is 6.04 Å².